The molecule has 1 amide bonds. The Morgan fingerprint density at radius 1 is 1.23 bits per heavy atom. The Hall–Kier alpha value is -3.15. The molecule has 3 aromatic rings. The van der Waals surface area contributed by atoms with Gasteiger partial charge >= 0.3 is 5.97 Å². The van der Waals surface area contributed by atoms with E-state index in [9.17, 15) is 9.59 Å². The fourth-order valence-electron chi connectivity index (χ4n) is 3.38. The number of carboxylic acids is 1. The third kappa shape index (κ3) is 2.73. The van der Waals surface area contributed by atoms with Gasteiger partial charge in [-0.2, -0.15) is 0 Å². The van der Waals surface area contributed by atoms with E-state index in [2.05, 4.69) is 11.1 Å². The molecule has 1 aromatic heterocycles. The normalized spacial score (nSPS) is 17.2. The monoisotopic (exact) mass is 350 g/mol. The zero-order valence-corrected chi connectivity index (χ0v) is 14.5. The molecule has 1 aliphatic rings. The van der Waals surface area contributed by atoms with E-state index in [1.807, 2.05) is 26.0 Å². The first kappa shape index (κ1) is 16.3. The second-order valence-corrected chi connectivity index (χ2v) is 6.73. The van der Waals surface area contributed by atoms with Gasteiger partial charge in [-0.25, -0.2) is 4.98 Å². The molecule has 1 N–H and O–H groups in total. The van der Waals surface area contributed by atoms with Crippen LogP contribution in [0.4, 0.5) is 5.69 Å². The largest absolute Gasteiger partial charge is 0.481 e. The standard InChI is InChI=1S/C20H18N2O4/c1-11-3-5-15(12(2)7-11)19-21-16-9-14(4-6-17(16)26-19)22-10-13(20(24)25)8-18(22)23/h3-7,9,13H,8,10H2,1-2H3,(H,24,25). The molecule has 1 atom stereocenters. The van der Waals surface area contributed by atoms with E-state index >= 15 is 0 Å². The van der Waals surface area contributed by atoms with Crippen LogP contribution in [0.3, 0.4) is 0 Å². The highest BCUT2D eigenvalue weighted by Crippen LogP contribution is 2.31. The zero-order valence-electron chi connectivity index (χ0n) is 14.5. The fourth-order valence-corrected chi connectivity index (χ4v) is 3.38. The number of carbonyl (C=O) groups excluding carboxylic acids is 1. The zero-order chi connectivity index (χ0) is 18.4. The highest BCUT2D eigenvalue weighted by molar-refractivity contribution is 6.00. The van der Waals surface area contributed by atoms with Gasteiger partial charge in [-0.3, -0.25) is 9.59 Å². The lowest BCUT2D eigenvalue weighted by Crippen LogP contribution is -2.25. The van der Waals surface area contributed by atoms with E-state index in [0.717, 1.165) is 11.1 Å². The Kier molecular flexibility index (Phi) is 3.76. The van der Waals surface area contributed by atoms with Crippen LogP contribution in [0.15, 0.2) is 40.8 Å². The number of benzene rings is 2. The van der Waals surface area contributed by atoms with Gasteiger partial charge in [-0.15, -0.1) is 0 Å². The Balaban J connectivity index is 1.70. The maximum Gasteiger partial charge on any atom is 0.308 e. The van der Waals surface area contributed by atoms with Crippen LogP contribution < -0.4 is 4.90 Å². The first-order valence-corrected chi connectivity index (χ1v) is 8.44. The van der Waals surface area contributed by atoms with E-state index < -0.39 is 11.9 Å². The van der Waals surface area contributed by atoms with Crippen molar-refractivity contribution in [3.63, 3.8) is 0 Å². The summed E-state index contributed by atoms with van der Waals surface area (Å²) in [6.45, 7) is 4.23. The molecule has 0 radical (unpaired) electrons. The first-order chi connectivity index (χ1) is 12.4. The summed E-state index contributed by atoms with van der Waals surface area (Å²) in [6, 6.07) is 11.4. The van der Waals surface area contributed by atoms with Gasteiger partial charge in [0.2, 0.25) is 11.8 Å². The van der Waals surface area contributed by atoms with Crippen LogP contribution in [0.2, 0.25) is 0 Å². The number of hydrogen-bond acceptors (Lipinski definition) is 4. The van der Waals surface area contributed by atoms with E-state index in [4.69, 9.17) is 9.52 Å². The molecule has 132 valence electrons. The number of aryl methyl sites for hydroxylation is 2. The summed E-state index contributed by atoms with van der Waals surface area (Å²) in [5, 5.41) is 9.14. The molecule has 26 heavy (non-hydrogen) atoms. The summed E-state index contributed by atoms with van der Waals surface area (Å²) in [5.74, 6) is -1.26. The molecule has 2 heterocycles. The van der Waals surface area contributed by atoms with E-state index in [0.29, 0.717) is 22.7 Å². The molecule has 0 aliphatic carbocycles. The molecular weight excluding hydrogens is 332 g/mol. The average molecular weight is 350 g/mol. The Labute approximate surface area is 150 Å². The van der Waals surface area contributed by atoms with Crippen molar-refractivity contribution in [2.45, 2.75) is 20.3 Å². The molecule has 0 bridgehead atoms. The second-order valence-electron chi connectivity index (χ2n) is 6.73. The fraction of sp³-hybridized carbons (Fsp3) is 0.250. The number of fused-ring (bicyclic) bond motifs is 1. The topological polar surface area (TPSA) is 83.6 Å². The predicted octanol–water partition coefficient (Wildman–Crippen LogP) is 3.55. The van der Waals surface area contributed by atoms with Crippen LogP contribution in [0.25, 0.3) is 22.6 Å². The number of carbonyl (C=O) groups is 2. The first-order valence-electron chi connectivity index (χ1n) is 8.44. The number of amides is 1. The van der Waals surface area contributed by atoms with Gasteiger partial charge in [-0.05, 0) is 43.7 Å². The van der Waals surface area contributed by atoms with Crippen LogP contribution in [0.1, 0.15) is 17.5 Å². The van der Waals surface area contributed by atoms with E-state index in [1.165, 1.54) is 10.5 Å². The SMILES string of the molecule is Cc1ccc(-c2nc3cc(N4CC(C(=O)O)CC4=O)ccc3o2)c(C)c1. The molecule has 1 unspecified atom stereocenters. The number of anilines is 1. The lowest BCUT2D eigenvalue weighted by Gasteiger charge is -2.15. The van der Waals surface area contributed by atoms with Crippen molar-refractivity contribution >= 4 is 28.7 Å². The molecule has 2 aromatic carbocycles. The third-order valence-electron chi connectivity index (χ3n) is 4.77. The number of hydrogen-bond donors (Lipinski definition) is 1. The van der Waals surface area contributed by atoms with Gasteiger partial charge in [0, 0.05) is 24.2 Å². The summed E-state index contributed by atoms with van der Waals surface area (Å²) < 4.78 is 5.87. The Bertz CT molecular complexity index is 1040. The number of aromatic nitrogens is 1. The van der Waals surface area contributed by atoms with Gasteiger partial charge in [0.05, 0.1) is 5.92 Å². The van der Waals surface area contributed by atoms with Crippen molar-refractivity contribution in [2.24, 2.45) is 5.92 Å². The van der Waals surface area contributed by atoms with Gasteiger partial charge in [-0.1, -0.05) is 17.7 Å². The molecule has 1 aliphatic heterocycles. The molecular formula is C20H18N2O4. The number of nitrogens with zero attached hydrogens (tertiary/aromatic N) is 2. The van der Waals surface area contributed by atoms with Gasteiger partial charge in [0.15, 0.2) is 5.58 Å². The lowest BCUT2D eigenvalue weighted by molar-refractivity contribution is -0.141. The molecule has 6 nitrogen and oxygen atoms in total. The Morgan fingerprint density at radius 2 is 2.04 bits per heavy atom. The number of rotatable bonds is 3. The molecule has 6 heteroatoms. The van der Waals surface area contributed by atoms with Crippen molar-refractivity contribution in [3.05, 3.63) is 47.5 Å². The van der Waals surface area contributed by atoms with Gasteiger partial charge in [0.1, 0.15) is 5.52 Å². The van der Waals surface area contributed by atoms with Crippen LogP contribution in [-0.4, -0.2) is 28.5 Å². The number of carboxylic acid groups (broad SMARTS) is 1. The molecule has 1 fully saturated rings. The summed E-state index contributed by atoms with van der Waals surface area (Å²) in [7, 11) is 0. The predicted molar refractivity (Wildman–Crippen MR) is 97.0 cm³/mol. The summed E-state index contributed by atoms with van der Waals surface area (Å²) in [6.07, 6.45) is 0.0278. The van der Waals surface area contributed by atoms with Crippen LogP contribution in [-0.2, 0) is 9.59 Å². The Morgan fingerprint density at radius 3 is 2.73 bits per heavy atom. The van der Waals surface area contributed by atoms with Crippen molar-refractivity contribution in [2.75, 3.05) is 11.4 Å². The minimum Gasteiger partial charge on any atom is -0.481 e. The van der Waals surface area contributed by atoms with Gasteiger partial charge in [0.25, 0.3) is 0 Å². The smallest absolute Gasteiger partial charge is 0.308 e. The molecule has 0 spiro atoms. The average Bonchev–Trinajstić information content (AvgIpc) is 3.17. The molecule has 4 rings (SSSR count). The highest BCUT2D eigenvalue weighted by Gasteiger charge is 2.35. The van der Waals surface area contributed by atoms with Gasteiger partial charge < -0.3 is 14.4 Å². The van der Waals surface area contributed by atoms with E-state index in [1.54, 1.807) is 18.2 Å². The maximum absolute atomic E-state index is 12.1. The summed E-state index contributed by atoms with van der Waals surface area (Å²) >= 11 is 0. The highest BCUT2D eigenvalue weighted by atomic mass is 16.4. The minimum absolute atomic E-state index is 0.0278. The quantitative estimate of drug-likeness (QED) is 0.781. The number of oxazole rings is 1. The lowest BCUT2D eigenvalue weighted by atomic mass is 10.1. The molecule has 1 saturated heterocycles. The van der Waals surface area contributed by atoms with Crippen molar-refractivity contribution in [1.82, 2.24) is 4.98 Å². The molecule has 0 saturated carbocycles. The van der Waals surface area contributed by atoms with Crippen LogP contribution in [0.5, 0.6) is 0 Å². The summed E-state index contributed by atoms with van der Waals surface area (Å²) in [4.78, 5) is 29.4. The minimum atomic E-state index is -0.944. The maximum atomic E-state index is 12.1. The van der Waals surface area contributed by atoms with E-state index in [-0.39, 0.29) is 18.9 Å². The summed E-state index contributed by atoms with van der Waals surface area (Å²) in [5.41, 5.74) is 5.10. The van der Waals surface area contributed by atoms with Crippen LogP contribution in [0, 0.1) is 19.8 Å². The second kappa shape index (κ2) is 5.98. The van der Waals surface area contributed by atoms with Crippen molar-refractivity contribution < 1.29 is 19.1 Å². The van der Waals surface area contributed by atoms with Crippen LogP contribution >= 0.6 is 0 Å². The van der Waals surface area contributed by atoms with Crippen molar-refractivity contribution in [1.29, 1.82) is 0 Å². The van der Waals surface area contributed by atoms with Crippen molar-refractivity contribution in [3.8, 4) is 11.5 Å². The third-order valence-corrected chi connectivity index (χ3v) is 4.77. The number of aliphatic carboxylic acids is 1.